The molecule has 0 N–H and O–H groups in total. The van der Waals surface area contributed by atoms with Gasteiger partial charge in [0, 0.05) is 18.8 Å². The molecule has 5 heteroatoms. The largest absolute Gasteiger partial charge is 0.284 e. The van der Waals surface area contributed by atoms with Crippen LogP contribution in [-0.4, -0.2) is 32.3 Å². The Morgan fingerprint density at radius 3 is 2.60 bits per heavy atom. The van der Waals surface area contributed by atoms with E-state index in [1.54, 1.807) is 0 Å². The zero-order chi connectivity index (χ0) is 13.9. The second-order valence-corrected chi connectivity index (χ2v) is 5.93. The molecule has 106 valence electrons. The molecule has 1 fully saturated rings. The first kappa shape index (κ1) is 13.5. The number of hydrogen-bond donors (Lipinski definition) is 0. The molecule has 4 nitrogen and oxygen atoms in total. The Bertz CT molecular complexity index is 608. The smallest absolute Gasteiger partial charge is 0.203 e. The van der Waals surface area contributed by atoms with Gasteiger partial charge in [-0.1, -0.05) is 25.1 Å². The number of hydrogen-bond acceptors (Lipinski definition) is 3. The van der Waals surface area contributed by atoms with Crippen LogP contribution in [0.25, 0.3) is 5.69 Å². The topological polar surface area (TPSA) is 26.0 Å². The predicted molar refractivity (Wildman–Crippen MR) is 82.4 cm³/mol. The van der Waals surface area contributed by atoms with Gasteiger partial charge >= 0.3 is 0 Å². The number of aromatic nitrogens is 3. The van der Waals surface area contributed by atoms with Gasteiger partial charge in [-0.25, -0.2) is 4.68 Å². The van der Waals surface area contributed by atoms with E-state index in [1.165, 1.54) is 12.8 Å². The highest BCUT2D eigenvalue weighted by Crippen LogP contribution is 2.16. The third-order valence-electron chi connectivity index (χ3n) is 3.98. The minimum absolute atomic E-state index is 0.759. The van der Waals surface area contributed by atoms with Crippen molar-refractivity contribution in [2.24, 2.45) is 5.92 Å². The number of nitrogens with zero attached hydrogens (tertiary/aromatic N) is 4. The van der Waals surface area contributed by atoms with Gasteiger partial charge in [0.2, 0.25) is 4.77 Å². The van der Waals surface area contributed by atoms with Gasteiger partial charge in [0.15, 0.2) is 0 Å². The van der Waals surface area contributed by atoms with Gasteiger partial charge in [0.05, 0.1) is 6.67 Å². The van der Waals surface area contributed by atoms with Crippen LogP contribution in [0.5, 0.6) is 0 Å². The molecule has 1 aromatic heterocycles. The molecule has 0 radical (unpaired) electrons. The Balaban J connectivity index is 1.76. The van der Waals surface area contributed by atoms with Crippen LogP contribution in [0, 0.1) is 10.7 Å². The van der Waals surface area contributed by atoms with E-state index >= 15 is 0 Å². The van der Waals surface area contributed by atoms with Crippen molar-refractivity contribution in [2.45, 2.75) is 26.4 Å². The molecule has 0 bridgehead atoms. The lowest BCUT2D eigenvalue weighted by atomic mass is 10.00. The number of para-hydroxylation sites is 1. The van der Waals surface area contributed by atoms with E-state index in [0.717, 1.165) is 36.1 Å². The minimum atomic E-state index is 0.759. The fourth-order valence-electron chi connectivity index (χ4n) is 2.59. The van der Waals surface area contributed by atoms with Gasteiger partial charge < -0.3 is 0 Å². The van der Waals surface area contributed by atoms with Gasteiger partial charge in [0.25, 0.3) is 0 Å². The highest BCUT2D eigenvalue weighted by atomic mass is 32.1. The van der Waals surface area contributed by atoms with Crippen molar-refractivity contribution in [1.29, 1.82) is 0 Å². The van der Waals surface area contributed by atoms with Crippen molar-refractivity contribution in [1.82, 2.24) is 19.2 Å². The lowest BCUT2D eigenvalue weighted by molar-refractivity contribution is 0.146. The zero-order valence-electron chi connectivity index (χ0n) is 11.8. The first-order valence-electron chi connectivity index (χ1n) is 7.16. The molecule has 20 heavy (non-hydrogen) atoms. The molecule has 1 saturated heterocycles. The summed E-state index contributed by atoms with van der Waals surface area (Å²) in [5.41, 5.74) is 1.07. The van der Waals surface area contributed by atoms with E-state index in [2.05, 4.69) is 16.9 Å². The molecule has 0 amide bonds. The van der Waals surface area contributed by atoms with Crippen LogP contribution < -0.4 is 0 Å². The zero-order valence-corrected chi connectivity index (χ0v) is 12.6. The highest BCUT2D eigenvalue weighted by Gasteiger charge is 2.16. The minimum Gasteiger partial charge on any atom is -0.284 e. The van der Waals surface area contributed by atoms with E-state index in [4.69, 9.17) is 12.2 Å². The number of likely N-dealkylation sites (tertiary alicyclic amines) is 1. The van der Waals surface area contributed by atoms with E-state index < -0.39 is 0 Å². The van der Waals surface area contributed by atoms with Crippen LogP contribution in [0.15, 0.2) is 36.7 Å². The summed E-state index contributed by atoms with van der Waals surface area (Å²) in [6, 6.07) is 10.1. The van der Waals surface area contributed by atoms with Crippen LogP contribution in [0.2, 0.25) is 0 Å². The van der Waals surface area contributed by atoms with E-state index in [-0.39, 0.29) is 0 Å². The maximum Gasteiger partial charge on any atom is 0.203 e. The SMILES string of the molecule is CC1CCN(Cn2ncn(-c3ccccc3)c2=S)CC1. The summed E-state index contributed by atoms with van der Waals surface area (Å²) in [6.45, 7) is 5.40. The van der Waals surface area contributed by atoms with E-state index in [1.807, 2.05) is 45.9 Å². The molecule has 3 rings (SSSR count). The molecule has 2 heterocycles. The Labute approximate surface area is 124 Å². The monoisotopic (exact) mass is 288 g/mol. The number of rotatable bonds is 3. The first-order chi connectivity index (χ1) is 9.74. The van der Waals surface area contributed by atoms with Crippen molar-refractivity contribution in [2.75, 3.05) is 13.1 Å². The van der Waals surface area contributed by atoms with Gasteiger partial charge in [-0.05, 0) is 43.1 Å². The van der Waals surface area contributed by atoms with E-state index in [0.29, 0.717) is 0 Å². The Morgan fingerprint density at radius 1 is 1.20 bits per heavy atom. The van der Waals surface area contributed by atoms with Crippen LogP contribution >= 0.6 is 12.2 Å². The van der Waals surface area contributed by atoms with Crippen LogP contribution in [0.4, 0.5) is 0 Å². The standard InChI is InChI=1S/C15H20N4S/c1-13-7-9-17(10-8-13)12-19-15(20)18(11-16-19)14-5-3-2-4-6-14/h2-6,11,13H,7-10,12H2,1H3. The lowest BCUT2D eigenvalue weighted by Gasteiger charge is -2.29. The molecule has 0 saturated carbocycles. The quantitative estimate of drug-likeness (QED) is 0.812. The van der Waals surface area contributed by atoms with Crippen molar-refractivity contribution in [3.8, 4) is 5.69 Å². The molecule has 1 aromatic carbocycles. The maximum atomic E-state index is 5.54. The molecule has 1 aliphatic heterocycles. The van der Waals surface area contributed by atoms with Gasteiger partial charge in [-0.15, -0.1) is 0 Å². The van der Waals surface area contributed by atoms with Crippen molar-refractivity contribution >= 4 is 12.2 Å². The lowest BCUT2D eigenvalue weighted by Crippen LogP contribution is -2.34. The summed E-state index contributed by atoms with van der Waals surface area (Å²) in [7, 11) is 0. The fourth-order valence-corrected chi connectivity index (χ4v) is 2.85. The Hall–Kier alpha value is -1.46. The Kier molecular flexibility index (Phi) is 3.98. The molecular formula is C15H20N4S. The summed E-state index contributed by atoms with van der Waals surface area (Å²) < 4.78 is 4.63. The highest BCUT2D eigenvalue weighted by molar-refractivity contribution is 7.71. The van der Waals surface area contributed by atoms with Crippen molar-refractivity contribution in [3.05, 3.63) is 41.4 Å². The molecule has 0 atom stereocenters. The molecule has 2 aromatic rings. The molecule has 1 aliphatic rings. The third kappa shape index (κ3) is 2.83. The summed E-state index contributed by atoms with van der Waals surface area (Å²) in [4.78, 5) is 2.43. The summed E-state index contributed by atoms with van der Waals surface area (Å²) >= 11 is 5.54. The fraction of sp³-hybridized carbons (Fsp3) is 0.467. The summed E-state index contributed by atoms with van der Waals surface area (Å²) in [6.07, 6.45) is 4.35. The number of benzene rings is 1. The number of piperidine rings is 1. The molecule has 0 aliphatic carbocycles. The molecule has 0 spiro atoms. The Morgan fingerprint density at radius 2 is 1.90 bits per heavy atom. The van der Waals surface area contributed by atoms with E-state index in [9.17, 15) is 0 Å². The predicted octanol–water partition coefficient (Wildman–Crippen LogP) is 3.09. The average Bonchev–Trinajstić information content (AvgIpc) is 2.84. The van der Waals surface area contributed by atoms with Gasteiger partial charge in [-0.3, -0.25) is 9.47 Å². The second-order valence-electron chi connectivity index (χ2n) is 5.56. The maximum absolute atomic E-state index is 5.54. The van der Waals surface area contributed by atoms with Crippen molar-refractivity contribution < 1.29 is 0 Å². The van der Waals surface area contributed by atoms with Crippen LogP contribution in [0.3, 0.4) is 0 Å². The molecule has 0 unspecified atom stereocenters. The summed E-state index contributed by atoms with van der Waals surface area (Å²) in [5, 5.41) is 4.44. The summed E-state index contributed by atoms with van der Waals surface area (Å²) in [5.74, 6) is 0.848. The van der Waals surface area contributed by atoms with Crippen LogP contribution in [-0.2, 0) is 6.67 Å². The molecular weight excluding hydrogens is 268 g/mol. The first-order valence-corrected chi connectivity index (χ1v) is 7.57. The normalized spacial score (nSPS) is 17.4. The van der Waals surface area contributed by atoms with Gasteiger partial charge in [-0.2, -0.15) is 5.10 Å². The average molecular weight is 288 g/mol. The van der Waals surface area contributed by atoms with Gasteiger partial charge in [0.1, 0.15) is 6.33 Å². The third-order valence-corrected chi connectivity index (χ3v) is 4.39. The van der Waals surface area contributed by atoms with Crippen molar-refractivity contribution in [3.63, 3.8) is 0 Å². The van der Waals surface area contributed by atoms with Crippen LogP contribution in [0.1, 0.15) is 19.8 Å². The second kappa shape index (κ2) is 5.89.